The van der Waals surface area contributed by atoms with Crippen molar-refractivity contribution in [3.63, 3.8) is 0 Å². The predicted octanol–water partition coefficient (Wildman–Crippen LogP) is 2.36. The highest BCUT2D eigenvalue weighted by molar-refractivity contribution is 5.93. The van der Waals surface area contributed by atoms with Gasteiger partial charge in [0, 0.05) is 25.7 Å². The fourth-order valence-corrected chi connectivity index (χ4v) is 3.41. The molecule has 0 radical (unpaired) electrons. The first-order valence-corrected chi connectivity index (χ1v) is 8.45. The van der Waals surface area contributed by atoms with Crippen LogP contribution in [-0.2, 0) is 18.6 Å². The molecular weight excluding hydrogens is 300 g/mol. The number of carbonyl (C=O) groups excluding carboxylic acids is 1. The molecular formula is C20H24N2O2. The molecule has 0 spiro atoms. The molecule has 1 amide bonds. The summed E-state index contributed by atoms with van der Waals surface area (Å²) in [6.07, 6.45) is 2.84. The molecule has 0 fully saturated rings. The van der Waals surface area contributed by atoms with E-state index in [1.807, 2.05) is 42.5 Å². The summed E-state index contributed by atoms with van der Waals surface area (Å²) in [6, 6.07) is 15.7. The summed E-state index contributed by atoms with van der Waals surface area (Å²) in [7, 11) is 1.63. The third kappa shape index (κ3) is 3.50. The van der Waals surface area contributed by atoms with Gasteiger partial charge in [-0.2, -0.15) is 0 Å². The molecule has 1 unspecified atom stereocenters. The van der Waals surface area contributed by atoms with Gasteiger partial charge in [0.25, 0.3) is 5.91 Å². The minimum Gasteiger partial charge on any atom is -0.384 e. The Morgan fingerprint density at radius 2 is 1.92 bits per heavy atom. The van der Waals surface area contributed by atoms with Crippen molar-refractivity contribution in [1.82, 2.24) is 10.6 Å². The number of hydrogen-bond acceptors (Lipinski definition) is 3. The number of aliphatic hydroxyl groups is 1. The lowest BCUT2D eigenvalue weighted by atomic mass is 9.79. The van der Waals surface area contributed by atoms with Crippen molar-refractivity contribution in [3.05, 3.63) is 70.8 Å². The summed E-state index contributed by atoms with van der Waals surface area (Å²) in [5.41, 5.74) is 3.26. The van der Waals surface area contributed by atoms with Crippen molar-refractivity contribution in [2.75, 3.05) is 13.6 Å². The SMILES string of the molecule is CNC(=O)c1ccc(CNCC2(O)CCCc3ccccc32)cc1. The lowest BCUT2D eigenvalue weighted by Gasteiger charge is -2.34. The maximum atomic E-state index is 11.5. The molecule has 126 valence electrons. The van der Waals surface area contributed by atoms with E-state index in [0.29, 0.717) is 18.7 Å². The molecule has 0 aromatic heterocycles. The Bertz CT molecular complexity index is 712. The number of fused-ring (bicyclic) bond motifs is 1. The molecule has 0 saturated carbocycles. The molecule has 2 aromatic carbocycles. The van der Waals surface area contributed by atoms with Gasteiger partial charge in [-0.15, -0.1) is 0 Å². The van der Waals surface area contributed by atoms with Gasteiger partial charge in [-0.1, -0.05) is 36.4 Å². The molecule has 0 saturated heterocycles. The first kappa shape index (κ1) is 16.7. The van der Waals surface area contributed by atoms with Gasteiger partial charge in [0.15, 0.2) is 0 Å². The maximum Gasteiger partial charge on any atom is 0.251 e. The lowest BCUT2D eigenvalue weighted by molar-refractivity contribution is 0.0189. The zero-order chi connectivity index (χ0) is 17.0. The molecule has 3 N–H and O–H groups in total. The Morgan fingerprint density at radius 3 is 2.67 bits per heavy atom. The largest absolute Gasteiger partial charge is 0.384 e. The van der Waals surface area contributed by atoms with Crippen molar-refractivity contribution in [2.45, 2.75) is 31.4 Å². The third-order valence-electron chi connectivity index (χ3n) is 4.74. The molecule has 4 nitrogen and oxygen atoms in total. The van der Waals surface area contributed by atoms with Crippen molar-refractivity contribution in [2.24, 2.45) is 0 Å². The molecule has 0 aliphatic heterocycles. The van der Waals surface area contributed by atoms with Crippen molar-refractivity contribution >= 4 is 5.91 Å². The first-order valence-electron chi connectivity index (χ1n) is 8.45. The average molecular weight is 324 g/mol. The van der Waals surface area contributed by atoms with Gasteiger partial charge in [-0.3, -0.25) is 4.79 Å². The number of aryl methyl sites for hydroxylation is 1. The smallest absolute Gasteiger partial charge is 0.251 e. The standard InChI is InChI=1S/C20H24N2O2/c1-21-19(23)17-10-8-15(9-11-17)13-22-14-20(24)12-4-6-16-5-2-3-7-18(16)20/h2-3,5,7-11,22,24H,4,6,12-14H2,1H3,(H,21,23). The van der Waals surface area contributed by atoms with Crippen LogP contribution in [0.5, 0.6) is 0 Å². The Kier molecular flexibility index (Phi) is 4.97. The van der Waals surface area contributed by atoms with E-state index >= 15 is 0 Å². The second kappa shape index (κ2) is 7.16. The van der Waals surface area contributed by atoms with Gasteiger partial charge in [0.05, 0.1) is 0 Å². The number of benzene rings is 2. The van der Waals surface area contributed by atoms with Crippen molar-refractivity contribution < 1.29 is 9.90 Å². The van der Waals surface area contributed by atoms with E-state index < -0.39 is 5.60 Å². The molecule has 4 heteroatoms. The Balaban J connectivity index is 1.61. The second-order valence-electron chi connectivity index (χ2n) is 6.42. The van der Waals surface area contributed by atoms with Crippen LogP contribution in [0.15, 0.2) is 48.5 Å². The fraction of sp³-hybridized carbons (Fsp3) is 0.350. The second-order valence-corrected chi connectivity index (χ2v) is 6.42. The zero-order valence-electron chi connectivity index (χ0n) is 14.0. The van der Waals surface area contributed by atoms with Crippen molar-refractivity contribution in [3.8, 4) is 0 Å². The predicted molar refractivity (Wildman–Crippen MR) is 94.8 cm³/mol. The summed E-state index contributed by atoms with van der Waals surface area (Å²) in [5, 5.41) is 17.0. The van der Waals surface area contributed by atoms with E-state index in [1.54, 1.807) is 7.05 Å². The molecule has 1 aliphatic carbocycles. The van der Waals surface area contributed by atoms with E-state index in [2.05, 4.69) is 16.7 Å². The van der Waals surface area contributed by atoms with E-state index in [9.17, 15) is 9.90 Å². The molecule has 0 bridgehead atoms. The first-order chi connectivity index (χ1) is 11.6. The van der Waals surface area contributed by atoms with Crippen LogP contribution in [-0.4, -0.2) is 24.6 Å². The van der Waals surface area contributed by atoms with E-state index in [-0.39, 0.29) is 5.91 Å². The van der Waals surface area contributed by atoms with Crippen LogP contribution < -0.4 is 10.6 Å². The molecule has 1 aliphatic rings. The summed E-state index contributed by atoms with van der Waals surface area (Å²) in [5.74, 6) is -0.0809. The highest BCUT2D eigenvalue weighted by Gasteiger charge is 2.33. The van der Waals surface area contributed by atoms with Crippen LogP contribution in [0, 0.1) is 0 Å². The normalized spacial score (nSPS) is 19.6. The summed E-state index contributed by atoms with van der Waals surface area (Å²) in [6.45, 7) is 1.19. The Morgan fingerprint density at radius 1 is 1.17 bits per heavy atom. The Hall–Kier alpha value is -2.17. The van der Waals surface area contributed by atoms with Crippen LogP contribution in [0.4, 0.5) is 0 Å². The van der Waals surface area contributed by atoms with Crippen molar-refractivity contribution in [1.29, 1.82) is 0 Å². The van der Waals surface area contributed by atoms with Crippen LogP contribution in [0.2, 0.25) is 0 Å². The monoisotopic (exact) mass is 324 g/mol. The van der Waals surface area contributed by atoms with Crippen LogP contribution in [0.25, 0.3) is 0 Å². The third-order valence-corrected chi connectivity index (χ3v) is 4.74. The van der Waals surface area contributed by atoms with Crippen LogP contribution in [0.1, 0.15) is 39.9 Å². The van der Waals surface area contributed by atoms with E-state index in [0.717, 1.165) is 30.4 Å². The number of nitrogens with one attached hydrogen (secondary N) is 2. The molecule has 0 heterocycles. The molecule has 24 heavy (non-hydrogen) atoms. The molecule has 1 atom stereocenters. The summed E-state index contributed by atoms with van der Waals surface area (Å²) in [4.78, 5) is 11.5. The Labute approximate surface area is 142 Å². The number of hydrogen-bond donors (Lipinski definition) is 3. The van der Waals surface area contributed by atoms with Gasteiger partial charge >= 0.3 is 0 Å². The van der Waals surface area contributed by atoms with Gasteiger partial charge < -0.3 is 15.7 Å². The number of carbonyl (C=O) groups is 1. The van der Waals surface area contributed by atoms with E-state index in [4.69, 9.17) is 0 Å². The lowest BCUT2D eigenvalue weighted by Crippen LogP contribution is -2.40. The van der Waals surface area contributed by atoms with Crippen LogP contribution in [0.3, 0.4) is 0 Å². The van der Waals surface area contributed by atoms with Gasteiger partial charge in [0.1, 0.15) is 5.60 Å². The average Bonchev–Trinajstić information content (AvgIpc) is 2.62. The molecule has 3 rings (SSSR count). The van der Waals surface area contributed by atoms with Gasteiger partial charge in [0.2, 0.25) is 0 Å². The minimum atomic E-state index is -0.795. The summed E-state index contributed by atoms with van der Waals surface area (Å²) < 4.78 is 0. The highest BCUT2D eigenvalue weighted by Crippen LogP contribution is 2.34. The van der Waals surface area contributed by atoms with Gasteiger partial charge in [-0.25, -0.2) is 0 Å². The number of amides is 1. The summed E-state index contributed by atoms with van der Waals surface area (Å²) >= 11 is 0. The van der Waals surface area contributed by atoms with E-state index in [1.165, 1.54) is 5.56 Å². The number of rotatable bonds is 5. The van der Waals surface area contributed by atoms with Crippen LogP contribution >= 0.6 is 0 Å². The minimum absolute atomic E-state index is 0.0809. The zero-order valence-corrected chi connectivity index (χ0v) is 14.0. The highest BCUT2D eigenvalue weighted by atomic mass is 16.3. The quantitative estimate of drug-likeness (QED) is 0.791. The topological polar surface area (TPSA) is 61.4 Å². The maximum absolute atomic E-state index is 11.5. The molecule has 2 aromatic rings. The fourth-order valence-electron chi connectivity index (χ4n) is 3.41. The van der Waals surface area contributed by atoms with Gasteiger partial charge in [-0.05, 0) is 48.1 Å².